The molecule has 3 heterocycles. The van der Waals surface area contributed by atoms with Crippen molar-refractivity contribution in [3.05, 3.63) is 71.3 Å². The number of hydrogen-bond acceptors (Lipinski definition) is 6. The summed E-state index contributed by atoms with van der Waals surface area (Å²) in [6.07, 6.45) is 4.30. The van der Waals surface area contributed by atoms with Gasteiger partial charge in [0, 0.05) is 24.0 Å². The van der Waals surface area contributed by atoms with E-state index in [-0.39, 0.29) is 16.4 Å². The number of aromatic nitrogens is 4. The second-order valence-corrected chi connectivity index (χ2v) is 8.00. The Balaban J connectivity index is 1.74. The number of pyridine rings is 1. The van der Waals surface area contributed by atoms with E-state index in [1.807, 2.05) is 6.07 Å². The van der Waals surface area contributed by atoms with Crippen molar-refractivity contribution in [2.24, 2.45) is 0 Å². The fraction of sp³-hybridized carbons (Fsp3) is 0. The molecule has 0 radical (unpaired) electrons. The molecule has 0 unspecified atom stereocenters. The smallest absolute Gasteiger partial charge is 0.264 e. The van der Waals surface area contributed by atoms with Gasteiger partial charge < -0.3 is 0 Å². The summed E-state index contributed by atoms with van der Waals surface area (Å²) in [5, 5.41) is 12.9. The molecule has 30 heavy (non-hydrogen) atoms. The van der Waals surface area contributed by atoms with Gasteiger partial charge in [0.2, 0.25) is 0 Å². The van der Waals surface area contributed by atoms with E-state index in [0.717, 1.165) is 12.1 Å². The molecule has 3 aromatic heterocycles. The monoisotopic (exact) mass is 446 g/mol. The summed E-state index contributed by atoms with van der Waals surface area (Å²) in [5.74, 6) is -2.16. The van der Waals surface area contributed by atoms with Gasteiger partial charge in [0.25, 0.3) is 10.0 Å². The second kappa shape index (κ2) is 7.33. The molecule has 0 spiro atoms. The van der Waals surface area contributed by atoms with E-state index in [4.69, 9.17) is 16.9 Å². The Morgan fingerprint density at radius 2 is 1.97 bits per heavy atom. The number of anilines is 1. The van der Waals surface area contributed by atoms with Gasteiger partial charge in [-0.25, -0.2) is 31.7 Å². The van der Waals surface area contributed by atoms with Gasteiger partial charge in [0.05, 0.1) is 17.6 Å². The maximum Gasteiger partial charge on any atom is 0.264 e. The predicted molar refractivity (Wildman–Crippen MR) is 103 cm³/mol. The van der Waals surface area contributed by atoms with Crippen LogP contribution in [0.25, 0.3) is 16.9 Å². The zero-order valence-corrected chi connectivity index (χ0v) is 16.3. The Kier molecular flexibility index (Phi) is 4.81. The molecule has 8 nitrogen and oxygen atoms in total. The lowest BCUT2D eigenvalue weighted by atomic mass is 10.2. The van der Waals surface area contributed by atoms with Crippen molar-refractivity contribution >= 4 is 33.0 Å². The highest BCUT2D eigenvalue weighted by atomic mass is 35.5. The molecule has 1 aromatic carbocycles. The number of fused-ring (bicyclic) bond motifs is 1. The lowest BCUT2D eigenvalue weighted by molar-refractivity contribution is 0.551. The van der Waals surface area contributed by atoms with Gasteiger partial charge in [-0.2, -0.15) is 10.4 Å². The number of halogens is 3. The molecule has 150 valence electrons. The topological polar surface area (TPSA) is 113 Å². The van der Waals surface area contributed by atoms with Gasteiger partial charge in [-0.3, -0.25) is 4.72 Å². The molecule has 0 atom stereocenters. The first-order valence-electron chi connectivity index (χ1n) is 8.17. The van der Waals surface area contributed by atoms with E-state index in [2.05, 4.69) is 19.8 Å². The minimum atomic E-state index is -4.41. The molecule has 0 aliphatic rings. The van der Waals surface area contributed by atoms with Crippen LogP contribution in [0.4, 0.5) is 14.5 Å². The summed E-state index contributed by atoms with van der Waals surface area (Å²) in [6, 6.07) is 7.00. The number of nitrogens with zero attached hydrogens (tertiary/aromatic N) is 5. The van der Waals surface area contributed by atoms with Crippen molar-refractivity contribution in [1.29, 1.82) is 5.26 Å². The number of rotatable bonds is 4. The van der Waals surface area contributed by atoms with Crippen LogP contribution in [0.3, 0.4) is 0 Å². The summed E-state index contributed by atoms with van der Waals surface area (Å²) in [5.41, 5.74) is 1.18. The van der Waals surface area contributed by atoms with Gasteiger partial charge in [0.15, 0.2) is 10.8 Å². The zero-order valence-electron chi connectivity index (χ0n) is 14.7. The van der Waals surface area contributed by atoms with E-state index in [0.29, 0.717) is 23.0 Å². The van der Waals surface area contributed by atoms with Crippen LogP contribution in [0.5, 0.6) is 0 Å². The van der Waals surface area contributed by atoms with Crippen molar-refractivity contribution in [3.8, 4) is 17.3 Å². The number of nitrogens with one attached hydrogen (secondary N) is 1. The van der Waals surface area contributed by atoms with Crippen molar-refractivity contribution in [1.82, 2.24) is 19.6 Å². The highest BCUT2D eigenvalue weighted by Crippen LogP contribution is 2.29. The molecule has 4 rings (SSSR count). The SMILES string of the molecule is N#Cc1cnn2ccc(-c3cnc(Cl)c(NS(=O)(=O)c4ccc(F)cc4F)c3)nc12. The summed E-state index contributed by atoms with van der Waals surface area (Å²) >= 11 is 6.00. The first-order valence-corrected chi connectivity index (χ1v) is 10.0. The molecular formula is C18H9ClF2N6O2S. The Labute approximate surface area is 173 Å². The van der Waals surface area contributed by atoms with Gasteiger partial charge in [-0.1, -0.05) is 11.6 Å². The number of nitriles is 1. The first-order chi connectivity index (χ1) is 14.3. The summed E-state index contributed by atoms with van der Waals surface area (Å²) in [4.78, 5) is 7.53. The fourth-order valence-electron chi connectivity index (χ4n) is 2.66. The fourth-order valence-corrected chi connectivity index (χ4v) is 3.99. The summed E-state index contributed by atoms with van der Waals surface area (Å²) < 4.78 is 55.6. The molecular weight excluding hydrogens is 438 g/mol. The van der Waals surface area contributed by atoms with Crippen LogP contribution < -0.4 is 4.72 Å². The van der Waals surface area contributed by atoms with Crippen LogP contribution in [-0.2, 0) is 10.0 Å². The highest BCUT2D eigenvalue weighted by molar-refractivity contribution is 7.92. The van der Waals surface area contributed by atoms with E-state index >= 15 is 0 Å². The predicted octanol–water partition coefficient (Wildman–Crippen LogP) is 3.40. The third-order valence-electron chi connectivity index (χ3n) is 4.05. The van der Waals surface area contributed by atoms with Gasteiger partial charge >= 0.3 is 0 Å². The van der Waals surface area contributed by atoms with Crippen LogP contribution in [0.1, 0.15) is 5.56 Å². The number of benzene rings is 1. The zero-order chi connectivity index (χ0) is 21.5. The Hall–Kier alpha value is -3.62. The Morgan fingerprint density at radius 1 is 1.17 bits per heavy atom. The van der Waals surface area contributed by atoms with Crippen molar-refractivity contribution in [2.75, 3.05) is 4.72 Å². The van der Waals surface area contributed by atoms with E-state index in [1.54, 1.807) is 12.3 Å². The van der Waals surface area contributed by atoms with Crippen LogP contribution in [0, 0.1) is 23.0 Å². The van der Waals surface area contributed by atoms with Crippen molar-refractivity contribution in [2.45, 2.75) is 4.90 Å². The molecule has 0 fully saturated rings. The molecule has 4 aromatic rings. The van der Waals surface area contributed by atoms with E-state index in [1.165, 1.54) is 23.0 Å². The molecule has 12 heteroatoms. The highest BCUT2D eigenvalue weighted by Gasteiger charge is 2.21. The molecule has 1 N–H and O–H groups in total. The molecule has 0 saturated carbocycles. The molecule has 0 aliphatic carbocycles. The van der Waals surface area contributed by atoms with Crippen LogP contribution in [-0.4, -0.2) is 28.0 Å². The third-order valence-corrected chi connectivity index (χ3v) is 5.75. The van der Waals surface area contributed by atoms with Crippen LogP contribution in [0.15, 0.2) is 53.8 Å². The summed E-state index contributed by atoms with van der Waals surface area (Å²) in [6.45, 7) is 0. The average Bonchev–Trinajstić information content (AvgIpc) is 3.11. The quantitative estimate of drug-likeness (QED) is 0.481. The number of sulfonamides is 1. The van der Waals surface area contributed by atoms with Crippen molar-refractivity contribution < 1.29 is 17.2 Å². The molecule has 0 bridgehead atoms. The third kappa shape index (κ3) is 3.54. The van der Waals surface area contributed by atoms with Gasteiger partial charge in [0.1, 0.15) is 28.2 Å². The molecule has 0 amide bonds. The minimum absolute atomic E-state index is 0.131. The summed E-state index contributed by atoms with van der Waals surface area (Å²) in [7, 11) is -4.41. The van der Waals surface area contributed by atoms with Crippen LogP contribution >= 0.6 is 11.6 Å². The van der Waals surface area contributed by atoms with Crippen LogP contribution in [0.2, 0.25) is 5.15 Å². The normalized spacial score (nSPS) is 11.4. The second-order valence-electron chi connectivity index (χ2n) is 5.99. The Bertz CT molecular complexity index is 1450. The largest absolute Gasteiger partial charge is 0.276 e. The van der Waals surface area contributed by atoms with Gasteiger partial charge in [-0.15, -0.1) is 0 Å². The van der Waals surface area contributed by atoms with E-state index in [9.17, 15) is 17.2 Å². The lowest BCUT2D eigenvalue weighted by Crippen LogP contribution is -2.15. The van der Waals surface area contributed by atoms with Crippen molar-refractivity contribution in [3.63, 3.8) is 0 Å². The lowest BCUT2D eigenvalue weighted by Gasteiger charge is -2.11. The molecule has 0 saturated heterocycles. The van der Waals surface area contributed by atoms with Gasteiger partial charge in [-0.05, 0) is 24.3 Å². The average molecular weight is 447 g/mol. The maximum atomic E-state index is 13.9. The molecule has 0 aliphatic heterocycles. The maximum absolute atomic E-state index is 13.9. The standard InChI is InChI=1S/C18H9ClF2N6O2S/c19-17-15(26-30(28,29)16-2-1-12(20)6-13(16)21)5-10(8-23-17)14-3-4-27-18(25-14)11(7-22)9-24-27/h1-6,8-9,26H. The van der Waals surface area contributed by atoms with E-state index < -0.39 is 26.6 Å². The number of hydrogen-bond donors (Lipinski definition) is 1. The first kappa shape index (κ1) is 19.7. The Morgan fingerprint density at radius 3 is 2.70 bits per heavy atom. The minimum Gasteiger partial charge on any atom is -0.276 e.